The van der Waals surface area contributed by atoms with Crippen molar-refractivity contribution in [3.05, 3.63) is 30.5 Å². The monoisotopic (exact) mass is 538 g/mol. The molecule has 1 aromatic heterocycles. The number of amides is 1. The van der Waals surface area contributed by atoms with E-state index in [1.54, 1.807) is 11.1 Å². The van der Waals surface area contributed by atoms with Gasteiger partial charge in [0.1, 0.15) is 24.1 Å². The van der Waals surface area contributed by atoms with Crippen LogP contribution in [-0.4, -0.2) is 80.6 Å². The van der Waals surface area contributed by atoms with Crippen molar-refractivity contribution in [3.63, 3.8) is 0 Å². The summed E-state index contributed by atoms with van der Waals surface area (Å²) in [4.78, 5) is 26.5. The van der Waals surface area contributed by atoms with Gasteiger partial charge in [-0.2, -0.15) is 4.98 Å². The molecule has 1 aliphatic carbocycles. The van der Waals surface area contributed by atoms with Crippen LogP contribution in [0.15, 0.2) is 30.5 Å². The summed E-state index contributed by atoms with van der Waals surface area (Å²) < 4.78 is 17.3. The fraction of sp³-hybridized carbons (Fsp3) is 0.621. The highest BCUT2D eigenvalue weighted by molar-refractivity contribution is 6.04. The minimum Gasteiger partial charge on any atom is -0.491 e. The fourth-order valence-corrected chi connectivity index (χ4v) is 5.76. The van der Waals surface area contributed by atoms with Crippen molar-refractivity contribution >= 4 is 29.0 Å². The molecule has 39 heavy (non-hydrogen) atoms. The van der Waals surface area contributed by atoms with E-state index in [1.807, 2.05) is 31.3 Å². The molecule has 0 radical (unpaired) electrons. The third-order valence-electron chi connectivity index (χ3n) is 7.89. The van der Waals surface area contributed by atoms with Crippen LogP contribution in [0.2, 0.25) is 0 Å². The van der Waals surface area contributed by atoms with Crippen LogP contribution in [0.3, 0.4) is 0 Å². The lowest BCUT2D eigenvalue weighted by Gasteiger charge is -2.43. The van der Waals surface area contributed by atoms with Crippen molar-refractivity contribution in [1.29, 1.82) is 0 Å². The lowest BCUT2D eigenvalue weighted by atomic mass is 10.0. The van der Waals surface area contributed by atoms with Gasteiger partial charge in [0.05, 0.1) is 32.1 Å². The summed E-state index contributed by atoms with van der Waals surface area (Å²) in [6, 6.07) is 7.90. The Morgan fingerprint density at radius 3 is 2.51 bits per heavy atom. The number of hydrogen-bond acceptors (Lipinski definition) is 9. The average molecular weight is 539 g/mol. The molecule has 2 aromatic rings. The summed E-state index contributed by atoms with van der Waals surface area (Å²) in [5.41, 5.74) is 1.64. The van der Waals surface area contributed by atoms with E-state index in [4.69, 9.17) is 19.2 Å². The molecule has 5 rings (SSSR count). The van der Waals surface area contributed by atoms with Crippen molar-refractivity contribution in [3.8, 4) is 5.75 Å². The summed E-state index contributed by atoms with van der Waals surface area (Å²) >= 11 is 0. The van der Waals surface area contributed by atoms with Crippen molar-refractivity contribution < 1.29 is 19.0 Å². The number of hydrogen-bond donors (Lipinski definition) is 2. The molecule has 1 amide bonds. The zero-order valence-electron chi connectivity index (χ0n) is 23.2. The smallest absolute Gasteiger partial charge is 0.249 e. The van der Waals surface area contributed by atoms with Crippen LogP contribution in [0.1, 0.15) is 51.9 Å². The summed E-state index contributed by atoms with van der Waals surface area (Å²) in [7, 11) is 1.82. The van der Waals surface area contributed by atoms with Gasteiger partial charge < -0.3 is 34.6 Å². The number of likely N-dealkylation sites (N-methyl/N-ethyl adjacent to an activating group) is 1. The number of fused-ring (bicyclic) bond motifs is 1. The highest BCUT2D eigenvalue weighted by Crippen LogP contribution is 2.40. The molecule has 10 nitrogen and oxygen atoms in total. The first kappa shape index (κ1) is 27.6. The van der Waals surface area contributed by atoms with Crippen molar-refractivity contribution in [2.45, 2.75) is 70.1 Å². The molecule has 1 atom stereocenters. The van der Waals surface area contributed by atoms with Gasteiger partial charge in [0.15, 0.2) is 5.82 Å². The van der Waals surface area contributed by atoms with Gasteiger partial charge in [0, 0.05) is 18.8 Å². The molecule has 1 aromatic carbocycles. The average Bonchev–Trinajstić information content (AvgIpc) is 3.50. The molecule has 2 aliphatic heterocycles. The molecular weight excluding hydrogens is 496 g/mol. The van der Waals surface area contributed by atoms with E-state index in [9.17, 15) is 4.79 Å². The fourth-order valence-electron chi connectivity index (χ4n) is 5.76. The van der Waals surface area contributed by atoms with Crippen LogP contribution in [0.4, 0.5) is 23.1 Å². The molecule has 10 heteroatoms. The van der Waals surface area contributed by atoms with E-state index < -0.39 is 0 Å². The molecular formula is C29H42N6O4. The standard InChI is InChI=1S/C29H42N6O4/c1-3-25-28(36)34(2)26-20-31-29(33-27(26)35(25)22-6-4-5-7-22)32-21-8-10-23(11-9-21)38-18-16-37-17-19-39-24-12-14-30-15-13-24/h8-11,20,22,24-25,30H,3-7,12-19H2,1-2H3,(H,31,32,33)/t25-/m1/s1. The Bertz CT molecular complexity index is 1070. The first-order valence-corrected chi connectivity index (χ1v) is 14.5. The lowest BCUT2D eigenvalue weighted by Crippen LogP contribution is -2.55. The van der Waals surface area contributed by atoms with Crippen LogP contribution in [0.5, 0.6) is 5.75 Å². The zero-order chi connectivity index (χ0) is 27.0. The highest BCUT2D eigenvalue weighted by atomic mass is 16.5. The predicted molar refractivity (Wildman–Crippen MR) is 152 cm³/mol. The maximum atomic E-state index is 13.1. The summed E-state index contributed by atoms with van der Waals surface area (Å²) in [6.07, 6.45) is 9.59. The Labute approximate surface area is 231 Å². The van der Waals surface area contributed by atoms with Gasteiger partial charge in [-0.25, -0.2) is 4.98 Å². The molecule has 0 spiro atoms. The van der Waals surface area contributed by atoms with Gasteiger partial charge >= 0.3 is 0 Å². The highest BCUT2D eigenvalue weighted by Gasteiger charge is 2.41. The van der Waals surface area contributed by atoms with Crippen molar-refractivity contribution in [1.82, 2.24) is 15.3 Å². The second-order valence-corrected chi connectivity index (χ2v) is 10.5. The van der Waals surface area contributed by atoms with E-state index in [0.717, 1.165) is 68.1 Å². The second kappa shape index (κ2) is 13.4. The third kappa shape index (κ3) is 6.80. The SMILES string of the molecule is CC[C@@H]1C(=O)N(C)c2cnc(Nc3ccc(OCCOCCOC4CCNCC4)cc3)nc2N1C1CCCC1. The Balaban J connectivity index is 1.12. The minimum absolute atomic E-state index is 0.118. The molecule has 1 saturated heterocycles. The molecule has 0 bridgehead atoms. The molecule has 3 heterocycles. The van der Waals surface area contributed by atoms with E-state index in [0.29, 0.717) is 44.5 Å². The van der Waals surface area contributed by atoms with Crippen molar-refractivity contribution in [2.24, 2.45) is 0 Å². The van der Waals surface area contributed by atoms with E-state index in [2.05, 4.69) is 27.4 Å². The molecule has 0 unspecified atom stereocenters. The number of aromatic nitrogens is 2. The summed E-state index contributed by atoms with van der Waals surface area (Å²) in [5.74, 6) is 2.25. The normalized spacial score (nSPS) is 20.4. The van der Waals surface area contributed by atoms with E-state index in [1.165, 1.54) is 12.8 Å². The topological polar surface area (TPSA) is 101 Å². The van der Waals surface area contributed by atoms with E-state index >= 15 is 0 Å². The number of nitrogens with zero attached hydrogens (tertiary/aromatic N) is 4. The van der Waals surface area contributed by atoms with Crippen molar-refractivity contribution in [2.75, 3.05) is 61.7 Å². The Hall–Kier alpha value is -2.95. The molecule has 212 valence electrons. The summed E-state index contributed by atoms with van der Waals surface area (Å²) in [6.45, 7) is 6.35. The number of piperidine rings is 1. The Morgan fingerprint density at radius 1 is 1.03 bits per heavy atom. The first-order valence-electron chi connectivity index (χ1n) is 14.5. The first-order chi connectivity index (χ1) is 19.1. The van der Waals surface area contributed by atoms with Crippen LogP contribution in [0.25, 0.3) is 0 Å². The number of nitrogens with one attached hydrogen (secondary N) is 2. The Morgan fingerprint density at radius 2 is 1.77 bits per heavy atom. The second-order valence-electron chi connectivity index (χ2n) is 10.5. The van der Waals surface area contributed by atoms with E-state index in [-0.39, 0.29) is 11.9 Å². The largest absolute Gasteiger partial charge is 0.491 e. The Kier molecular flexibility index (Phi) is 9.49. The van der Waals surface area contributed by atoms with Gasteiger partial charge in [-0.05, 0) is 69.5 Å². The molecule has 1 saturated carbocycles. The van der Waals surface area contributed by atoms with Gasteiger partial charge in [0.2, 0.25) is 11.9 Å². The molecule has 2 N–H and O–H groups in total. The number of ether oxygens (including phenoxy) is 3. The van der Waals surface area contributed by atoms with Crippen LogP contribution >= 0.6 is 0 Å². The van der Waals surface area contributed by atoms with Crippen LogP contribution in [0, 0.1) is 0 Å². The molecule has 3 aliphatic rings. The number of benzene rings is 1. The van der Waals surface area contributed by atoms with Gasteiger partial charge in [-0.1, -0.05) is 19.8 Å². The minimum atomic E-state index is -0.185. The predicted octanol–water partition coefficient (Wildman–Crippen LogP) is 3.89. The molecule has 2 fully saturated rings. The maximum absolute atomic E-state index is 13.1. The zero-order valence-corrected chi connectivity index (χ0v) is 23.2. The third-order valence-corrected chi connectivity index (χ3v) is 7.89. The van der Waals surface area contributed by atoms with Gasteiger partial charge in [-0.15, -0.1) is 0 Å². The van der Waals surface area contributed by atoms with Gasteiger partial charge in [0.25, 0.3) is 0 Å². The number of anilines is 4. The van der Waals surface area contributed by atoms with Crippen LogP contribution < -0.4 is 25.2 Å². The number of carbonyl (C=O) groups is 1. The summed E-state index contributed by atoms with van der Waals surface area (Å²) in [5, 5.41) is 6.66. The van der Waals surface area contributed by atoms with Gasteiger partial charge in [-0.3, -0.25) is 4.79 Å². The maximum Gasteiger partial charge on any atom is 0.249 e. The number of carbonyl (C=O) groups excluding carboxylic acids is 1. The number of rotatable bonds is 12. The quantitative estimate of drug-likeness (QED) is 0.390. The van der Waals surface area contributed by atoms with Crippen LogP contribution in [-0.2, 0) is 14.3 Å². The lowest BCUT2D eigenvalue weighted by molar-refractivity contribution is -0.120.